The maximum absolute atomic E-state index is 12.3. The molecule has 3 aromatic rings. The van der Waals surface area contributed by atoms with Crippen molar-refractivity contribution < 1.29 is 9.53 Å². The van der Waals surface area contributed by atoms with Gasteiger partial charge in [0.2, 0.25) is 11.8 Å². The number of aryl methyl sites for hydroxylation is 2. The molecule has 1 saturated carbocycles. The number of nitrogens with zero attached hydrogens (tertiary/aromatic N) is 4. The number of hydrogen-bond donors (Lipinski definition) is 1. The van der Waals surface area contributed by atoms with Crippen molar-refractivity contribution in [2.75, 3.05) is 5.32 Å². The Morgan fingerprint density at radius 1 is 1.10 bits per heavy atom. The Balaban J connectivity index is 1.33. The number of amides is 1. The number of hydrogen-bond acceptors (Lipinski definition) is 5. The molecule has 0 bridgehead atoms. The molecule has 1 N–H and O–H groups in total. The summed E-state index contributed by atoms with van der Waals surface area (Å²) in [6.45, 7) is 3.92. The second-order valence-corrected chi connectivity index (χ2v) is 8.27. The van der Waals surface area contributed by atoms with E-state index >= 15 is 0 Å². The second kappa shape index (κ2) is 9.73. The van der Waals surface area contributed by atoms with E-state index in [2.05, 4.69) is 20.4 Å². The van der Waals surface area contributed by atoms with Gasteiger partial charge in [-0.3, -0.25) is 4.79 Å². The zero-order chi connectivity index (χ0) is 21.6. The summed E-state index contributed by atoms with van der Waals surface area (Å²) in [6, 6.07) is 11.1. The number of aromatic nitrogens is 4. The molecule has 1 aliphatic rings. The molecule has 162 valence electrons. The molecule has 0 unspecified atom stereocenters. The summed E-state index contributed by atoms with van der Waals surface area (Å²) >= 11 is 0. The number of rotatable bonds is 7. The third-order valence-corrected chi connectivity index (χ3v) is 5.72. The maximum Gasteiger partial charge on any atom is 0.224 e. The van der Waals surface area contributed by atoms with Gasteiger partial charge in [-0.05, 0) is 56.5 Å². The topological polar surface area (TPSA) is 81.9 Å². The minimum Gasteiger partial charge on any atom is -0.439 e. The molecule has 0 spiro atoms. The molecule has 1 amide bonds. The first-order valence-electron chi connectivity index (χ1n) is 11.0. The van der Waals surface area contributed by atoms with Crippen LogP contribution in [0.15, 0.2) is 42.7 Å². The van der Waals surface area contributed by atoms with Gasteiger partial charge in [0.25, 0.3) is 0 Å². The van der Waals surface area contributed by atoms with Crippen LogP contribution in [0.3, 0.4) is 0 Å². The van der Waals surface area contributed by atoms with Gasteiger partial charge in [0, 0.05) is 23.9 Å². The molecule has 2 aromatic heterocycles. The molecular formula is C24H29N5O2. The Kier molecular flexibility index (Phi) is 6.60. The van der Waals surface area contributed by atoms with Crippen LogP contribution in [0.1, 0.15) is 56.3 Å². The molecule has 7 heteroatoms. The van der Waals surface area contributed by atoms with Crippen molar-refractivity contribution in [2.24, 2.45) is 5.92 Å². The fourth-order valence-corrected chi connectivity index (χ4v) is 4.12. The van der Waals surface area contributed by atoms with Crippen LogP contribution in [-0.2, 0) is 4.79 Å². The minimum atomic E-state index is 0.0737. The Morgan fingerprint density at radius 2 is 1.87 bits per heavy atom. The Morgan fingerprint density at radius 3 is 2.58 bits per heavy atom. The SMILES string of the molecule is Cc1cc(C)n(-c2cc(Oc3ccc(NC(=O)CCC4CCCCC4)cc3)ncn2)n1. The standard InChI is InChI=1S/C24H29N5O2/c1-17-14-18(2)29(28-17)22-15-24(26-16-25-22)31-21-11-9-20(10-12-21)27-23(30)13-8-19-6-4-3-5-7-19/h9-12,14-16,19H,3-8,13H2,1-2H3,(H,27,30). The predicted octanol–water partition coefficient (Wildman–Crippen LogP) is 5.37. The Bertz CT molecular complexity index is 1020. The van der Waals surface area contributed by atoms with Crippen molar-refractivity contribution in [1.29, 1.82) is 0 Å². The van der Waals surface area contributed by atoms with Crippen molar-refractivity contribution in [3.8, 4) is 17.4 Å². The van der Waals surface area contributed by atoms with Gasteiger partial charge in [-0.25, -0.2) is 14.6 Å². The van der Waals surface area contributed by atoms with Crippen molar-refractivity contribution in [2.45, 2.75) is 58.8 Å². The smallest absolute Gasteiger partial charge is 0.224 e. The van der Waals surface area contributed by atoms with Crippen LogP contribution in [-0.4, -0.2) is 25.7 Å². The van der Waals surface area contributed by atoms with Gasteiger partial charge in [0.15, 0.2) is 5.82 Å². The predicted molar refractivity (Wildman–Crippen MR) is 120 cm³/mol. The van der Waals surface area contributed by atoms with Gasteiger partial charge in [-0.15, -0.1) is 0 Å². The highest BCUT2D eigenvalue weighted by Gasteiger charge is 2.15. The number of carbonyl (C=O) groups excluding carboxylic acids is 1. The summed E-state index contributed by atoms with van der Waals surface area (Å²) in [5.41, 5.74) is 2.69. The van der Waals surface area contributed by atoms with Gasteiger partial charge >= 0.3 is 0 Å². The second-order valence-electron chi connectivity index (χ2n) is 8.27. The van der Waals surface area contributed by atoms with E-state index < -0.39 is 0 Å². The zero-order valence-corrected chi connectivity index (χ0v) is 18.2. The summed E-state index contributed by atoms with van der Waals surface area (Å²) in [4.78, 5) is 20.7. The van der Waals surface area contributed by atoms with E-state index in [1.165, 1.54) is 38.4 Å². The van der Waals surface area contributed by atoms with E-state index in [9.17, 15) is 4.79 Å². The van der Waals surface area contributed by atoms with Crippen LogP contribution in [0.4, 0.5) is 5.69 Å². The number of benzene rings is 1. The first-order valence-corrected chi connectivity index (χ1v) is 11.0. The highest BCUT2D eigenvalue weighted by Crippen LogP contribution is 2.27. The Hall–Kier alpha value is -3.22. The van der Waals surface area contributed by atoms with Gasteiger partial charge < -0.3 is 10.1 Å². The molecule has 1 aromatic carbocycles. The lowest BCUT2D eigenvalue weighted by atomic mass is 9.86. The fraction of sp³-hybridized carbons (Fsp3) is 0.417. The molecule has 4 rings (SSSR count). The summed E-state index contributed by atoms with van der Waals surface area (Å²) in [6.07, 6.45) is 9.52. The lowest BCUT2D eigenvalue weighted by Gasteiger charge is -2.21. The van der Waals surface area contributed by atoms with Crippen LogP contribution < -0.4 is 10.1 Å². The molecule has 2 heterocycles. The lowest BCUT2D eigenvalue weighted by molar-refractivity contribution is -0.116. The maximum atomic E-state index is 12.3. The third kappa shape index (κ3) is 5.69. The first-order chi connectivity index (χ1) is 15.1. The third-order valence-electron chi connectivity index (χ3n) is 5.72. The van der Waals surface area contributed by atoms with Gasteiger partial charge in [-0.2, -0.15) is 5.10 Å². The summed E-state index contributed by atoms with van der Waals surface area (Å²) < 4.78 is 7.63. The molecule has 0 atom stereocenters. The summed E-state index contributed by atoms with van der Waals surface area (Å²) in [7, 11) is 0. The quantitative estimate of drug-likeness (QED) is 0.557. The molecule has 0 radical (unpaired) electrons. The highest BCUT2D eigenvalue weighted by atomic mass is 16.5. The van der Waals surface area contributed by atoms with Crippen LogP contribution in [0.5, 0.6) is 11.6 Å². The molecule has 7 nitrogen and oxygen atoms in total. The van der Waals surface area contributed by atoms with Crippen molar-refractivity contribution in [1.82, 2.24) is 19.7 Å². The van der Waals surface area contributed by atoms with Gasteiger partial charge in [-0.1, -0.05) is 32.1 Å². The average Bonchev–Trinajstić information content (AvgIpc) is 3.12. The molecule has 0 saturated heterocycles. The largest absolute Gasteiger partial charge is 0.439 e. The van der Waals surface area contributed by atoms with E-state index in [1.54, 1.807) is 10.7 Å². The number of anilines is 1. The fourth-order valence-electron chi connectivity index (χ4n) is 4.12. The van der Waals surface area contributed by atoms with E-state index in [4.69, 9.17) is 4.74 Å². The van der Waals surface area contributed by atoms with Gasteiger partial charge in [0.05, 0.1) is 5.69 Å². The molecule has 0 aliphatic heterocycles. The van der Waals surface area contributed by atoms with Crippen molar-refractivity contribution in [3.05, 3.63) is 54.1 Å². The monoisotopic (exact) mass is 419 g/mol. The molecule has 31 heavy (non-hydrogen) atoms. The highest BCUT2D eigenvalue weighted by molar-refractivity contribution is 5.90. The van der Waals surface area contributed by atoms with E-state index in [1.807, 2.05) is 44.2 Å². The Labute approximate surface area is 182 Å². The molecule has 1 fully saturated rings. The van der Waals surface area contributed by atoms with Crippen molar-refractivity contribution >= 4 is 11.6 Å². The van der Waals surface area contributed by atoms with Crippen LogP contribution in [0, 0.1) is 19.8 Å². The molecular weight excluding hydrogens is 390 g/mol. The van der Waals surface area contributed by atoms with E-state index in [0.717, 1.165) is 23.5 Å². The summed E-state index contributed by atoms with van der Waals surface area (Å²) in [5.74, 6) is 2.50. The summed E-state index contributed by atoms with van der Waals surface area (Å²) in [5, 5.41) is 7.42. The minimum absolute atomic E-state index is 0.0737. The van der Waals surface area contributed by atoms with Crippen LogP contribution >= 0.6 is 0 Å². The molecule has 1 aliphatic carbocycles. The first kappa shape index (κ1) is 21.0. The van der Waals surface area contributed by atoms with Crippen LogP contribution in [0.25, 0.3) is 5.82 Å². The number of nitrogens with one attached hydrogen (secondary N) is 1. The number of carbonyl (C=O) groups is 1. The normalized spacial score (nSPS) is 14.4. The lowest BCUT2D eigenvalue weighted by Crippen LogP contribution is -2.14. The van der Waals surface area contributed by atoms with Crippen LogP contribution in [0.2, 0.25) is 0 Å². The number of ether oxygens (including phenoxy) is 1. The van der Waals surface area contributed by atoms with Crippen molar-refractivity contribution in [3.63, 3.8) is 0 Å². The van der Waals surface area contributed by atoms with E-state index in [0.29, 0.717) is 29.8 Å². The van der Waals surface area contributed by atoms with E-state index in [-0.39, 0.29) is 5.91 Å². The zero-order valence-electron chi connectivity index (χ0n) is 18.2. The van der Waals surface area contributed by atoms with Gasteiger partial charge in [0.1, 0.15) is 12.1 Å². The average molecular weight is 420 g/mol.